The van der Waals surface area contributed by atoms with E-state index in [0.29, 0.717) is 23.1 Å². The second kappa shape index (κ2) is 5.25. The molecule has 0 saturated heterocycles. The van der Waals surface area contributed by atoms with E-state index in [9.17, 15) is 8.78 Å². The van der Waals surface area contributed by atoms with Crippen LogP contribution < -0.4 is 5.32 Å². The van der Waals surface area contributed by atoms with Crippen molar-refractivity contribution in [2.24, 2.45) is 11.8 Å². The molecule has 0 spiro atoms. The number of rotatable bonds is 2. The van der Waals surface area contributed by atoms with Crippen LogP contribution in [-0.2, 0) is 0 Å². The van der Waals surface area contributed by atoms with E-state index in [2.05, 4.69) is 19.2 Å². The van der Waals surface area contributed by atoms with Crippen LogP contribution in [0.4, 0.5) is 14.5 Å². The molecular formula is C15H21F2N. The van der Waals surface area contributed by atoms with Crippen molar-refractivity contribution in [3.63, 3.8) is 0 Å². The van der Waals surface area contributed by atoms with Gasteiger partial charge in [-0.1, -0.05) is 20.3 Å². The smallest absolute Gasteiger partial charge is 0.146 e. The average molecular weight is 253 g/mol. The Morgan fingerprint density at radius 2 is 1.83 bits per heavy atom. The third kappa shape index (κ3) is 2.82. The summed E-state index contributed by atoms with van der Waals surface area (Å²) in [6, 6.07) is 2.77. The minimum Gasteiger partial charge on any atom is -0.380 e. The Kier molecular flexibility index (Phi) is 3.88. The van der Waals surface area contributed by atoms with E-state index in [4.69, 9.17) is 0 Å². The highest BCUT2D eigenvalue weighted by Crippen LogP contribution is 2.31. The van der Waals surface area contributed by atoms with Gasteiger partial charge < -0.3 is 5.32 Å². The van der Waals surface area contributed by atoms with Crippen LogP contribution in [0.5, 0.6) is 0 Å². The summed E-state index contributed by atoms with van der Waals surface area (Å²) in [5.41, 5.74) is 0.646. The van der Waals surface area contributed by atoms with Gasteiger partial charge in [-0.15, -0.1) is 0 Å². The van der Waals surface area contributed by atoms with Crippen LogP contribution in [0.1, 0.15) is 38.7 Å². The van der Waals surface area contributed by atoms with Gasteiger partial charge in [-0.05, 0) is 43.2 Å². The van der Waals surface area contributed by atoms with Gasteiger partial charge in [0.05, 0.1) is 5.69 Å². The van der Waals surface area contributed by atoms with Gasteiger partial charge in [0.25, 0.3) is 0 Å². The van der Waals surface area contributed by atoms with Gasteiger partial charge in [0.1, 0.15) is 11.6 Å². The molecule has 18 heavy (non-hydrogen) atoms. The molecule has 2 rings (SSSR count). The van der Waals surface area contributed by atoms with E-state index in [1.54, 1.807) is 6.92 Å². The molecule has 0 radical (unpaired) electrons. The number of anilines is 1. The van der Waals surface area contributed by atoms with E-state index in [0.717, 1.165) is 12.8 Å². The SMILES string of the molecule is Cc1cc(F)c(NC2CC(C)CCC2C)cc1F. The number of hydrogen-bond acceptors (Lipinski definition) is 1. The standard InChI is InChI=1S/C15H21F2N/c1-9-4-5-10(2)14(6-9)18-15-8-12(16)11(3)7-13(15)17/h7-10,14,18H,4-6H2,1-3H3. The van der Waals surface area contributed by atoms with Crippen LogP contribution in [0.15, 0.2) is 12.1 Å². The quantitative estimate of drug-likeness (QED) is 0.817. The lowest BCUT2D eigenvalue weighted by Gasteiger charge is -2.34. The first kappa shape index (κ1) is 13.3. The van der Waals surface area contributed by atoms with Gasteiger partial charge in [-0.2, -0.15) is 0 Å². The maximum absolute atomic E-state index is 13.8. The van der Waals surface area contributed by atoms with Gasteiger partial charge in [0.15, 0.2) is 0 Å². The van der Waals surface area contributed by atoms with Crippen molar-refractivity contribution in [3.05, 3.63) is 29.3 Å². The summed E-state index contributed by atoms with van der Waals surface area (Å²) in [5.74, 6) is 0.441. The first-order valence-corrected chi connectivity index (χ1v) is 6.69. The molecule has 0 aromatic heterocycles. The molecule has 1 aliphatic carbocycles. The van der Waals surface area contributed by atoms with Gasteiger partial charge >= 0.3 is 0 Å². The van der Waals surface area contributed by atoms with Crippen molar-refractivity contribution in [1.29, 1.82) is 0 Å². The lowest BCUT2D eigenvalue weighted by atomic mass is 9.80. The summed E-state index contributed by atoms with van der Waals surface area (Å²) < 4.78 is 27.3. The largest absolute Gasteiger partial charge is 0.380 e. The molecule has 0 heterocycles. The third-order valence-corrected chi connectivity index (χ3v) is 4.05. The third-order valence-electron chi connectivity index (χ3n) is 4.05. The molecule has 3 heteroatoms. The number of benzene rings is 1. The van der Waals surface area contributed by atoms with Crippen molar-refractivity contribution in [3.8, 4) is 0 Å². The van der Waals surface area contributed by atoms with Crippen LogP contribution in [0.25, 0.3) is 0 Å². The molecule has 100 valence electrons. The molecule has 3 atom stereocenters. The van der Waals surface area contributed by atoms with Crippen molar-refractivity contribution >= 4 is 5.69 Å². The summed E-state index contributed by atoms with van der Waals surface area (Å²) in [5, 5.41) is 3.18. The molecule has 1 aromatic rings. The summed E-state index contributed by atoms with van der Waals surface area (Å²) in [6.07, 6.45) is 3.40. The Morgan fingerprint density at radius 1 is 1.11 bits per heavy atom. The molecule has 0 amide bonds. The summed E-state index contributed by atoms with van der Waals surface area (Å²) in [4.78, 5) is 0. The zero-order valence-corrected chi connectivity index (χ0v) is 11.3. The molecule has 1 saturated carbocycles. The highest BCUT2D eigenvalue weighted by atomic mass is 19.1. The number of nitrogens with one attached hydrogen (secondary N) is 1. The monoisotopic (exact) mass is 253 g/mol. The predicted molar refractivity (Wildman–Crippen MR) is 70.7 cm³/mol. The zero-order chi connectivity index (χ0) is 13.3. The van der Waals surface area contributed by atoms with Crippen molar-refractivity contribution in [2.45, 2.75) is 46.1 Å². The Labute approximate surface area is 108 Å². The Balaban J connectivity index is 2.15. The maximum atomic E-state index is 13.8. The second-order valence-corrected chi connectivity index (χ2v) is 5.73. The van der Waals surface area contributed by atoms with Crippen LogP contribution >= 0.6 is 0 Å². The van der Waals surface area contributed by atoms with Gasteiger partial charge in [-0.25, -0.2) is 8.78 Å². The molecular weight excluding hydrogens is 232 g/mol. The normalized spacial score (nSPS) is 28.2. The van der Waals surface area contributed by atoms with Crippen LogP contribution in [-0.4, -0.2) is 6.04 Å². The number of halogens is 2. The molecule has 1 fully saturated rings. The van der Waals surface area contributed by atoms with E-state index < -0.39 is 0 Å². The molecule has 1 N–H and O–H groups in total. The first-order valence-electron chi connectivity index (χ1n) is 6.69. The Bertz CT molecular complexity index is 431. The summed E-state index contributed by atoms with van der Waals surface area (Å²) in [7, 11) is 0. The van der Waals surface area contributed by atoms with Crippen LogP contribution in [0, 0.1) is 30.4 Å². The fourth-order valence-electron chi connectivity index (χ4n) is 2.69. The number of hydrogen-bond donors (Lipinski definition) is 1. The average Bonchev–Trinajstić information content (AvgIpc) is 2.30. The van der Waals surface area contributed by atoms with E-state index in [-0.39, 0.29) is 17.7 Å². The van der Waals surface area contributed by atoms with Crippen molar-refractivity contribution < 1.29 is 8.78 Å². The number of aryl methyl sites for hydroxylation is 1. The topological polar surface area (TPSA) is 12.0 Å². The van der Waals surface area contributed by atoms with E-state index in [1.807, 2.05) is 0 Å². The second-order valence-electron chi connectivity index (χ2n) is 5.73. The van der Waals surface area contributed by atoms with Crippen LogP contribution in [0.3, 0.4) is 0 Å². The zero-order valence-electron chi connectivity index (χ0n) is 11.3. The lowest BCUT2D eigenvalue weighted by molar-refractivity contribution is 0.280. The van der Waals surface area contributed by atoms with Gasteiger partial charge in [0.2, 0.25) is 0 Å². The first-order chi connectivity index (χ1) is 8.47. The van der Waals surface area contributed by atoms with Gasteiger partial charge in [0, 0.05) is 12.1 Å². The van der Waals surface area contributed by atoms with E-state index in [1.165, 1.54) is 18.6 Å². The highest BCUT2D eigenvalue weighted by Gasteiger charge is 2.26. The highest BCUT2D eigenvalue weighted by molar-refractivity contribution is 5.47. The lowest BCUT2D eigenvalue weighted by Crippen LogP contribution is -2.33. The fourth-order valence-corrected chi connectivity index (χ4v) is 2.69. The minimum atomic E-state index is -0.362. The predicted octanol–water partition coefficient (Wildman–Crippen LogP) is 4.51. The molecule has 1 nitrogen and oxygen atoms in total. The Hall–Kier alpha value is -1.12. The molecule has 3 unspecified atom stereocenters. The van der Waals surface area contributed by atoms with Gasteiger partial charge in [-0.3, -0.25) is 0 Å². The maximum Gasteiger partial charge on any atom is 0.146 e. The molecule has 1 aromatic carbocycles. The fraction of sp³-hybridized carbons (Fsp3) is 0.600. The van der Waals surface area contributed by atoms with Crippen molar-refractivity contribution in [1.82, 2.24) is 0 Å². The summed E-state index contributed by atoms with van der Waals surface area (Å²) in [6.45, 7) is 5.96. The molecule has 1 aliphatic rings. The Morgan fingerprint density at radius 3 is 2.56 bits per heavy atom. The molecule has 0 bridgehead atoms. The summed E-state index contributed by atoms with van der Waals surface area (Å²) >= 11 is 0. The minimum absolute atomic E-state index is 0.241. The van der Waals surface area contributed by atoms with Crippen LogP contribution in [0.2, 0.25) is 0 Å². The van der Waals surface area contributed by atoms with E-state index >= 15 is 0 Å². The van der Waals surface area contributed by atoms with Crippen molar-refractivity contribution in [2.75, 3.05) is 5.32 Å². The molecule has 0 aliphatic heterocycles.